The second-order valence-corrected chi connectivity index (χ2v) is 6.71. The minimum absolute atomic E-state index is 0.00251. The number of furan rings is 1. The largest absolute Gasteiger partial charge is 0.486 e. The molecule has 1 heterocycles. The molecule has 1 saturated carbocycles. The lowest BCUT2D eigenvalue weighted by Crippen LogP contribution is -2.29. The molecule has 1 aromatic heterocycles. The molecule has 1 atom stereocenters. The topological polar surface area (TPSA) is 51.5 Å². The molecule has 1 N–H and O–H groups in total. The summed E-state index contributed by atoms with van der Waals surface area (Å²) in [4.78, 5) is 12.6. The molecule has 1 aliphatic rings. The third kappa shape index (κ3) is 4.37. The van der Waals surface area contributed by atoms with Crippen LogP contribution in [0.3, 0.4) is 0 Å². The van der Waals surface area contributed by atoms with Gasteiger partial charge in [0.1, 0.15) is 23.9 Å². The molecule has 0 saturated heterocycles. The zero-order valence-corrected chi connectivity index (χ0v) is 14.7. The van der Waals surface area contributed by atoms with Crippen LogP contribution in [0.25, 0.3) is 0 Å². The summed E-state index contributed by atoms with van der Waals surface area (Å²) in [5.74, 6) is 1.26. The van der Waals surface area contributed by atoms with E-state index in [1.54, 1.807) is 24.3 Å². The fourth-order valence-electron chi connectivity index (χ4n) is 3.04. The van der Waals surface area contributed by atoms with Gasteiger partial charge < -0.3 is 14.5 Å². The van der Waals surface area contributed by atoms with Gasteiger partial charge >= 0.3 is 0 Å². The zero-order valence-electron chi connectivity index (χ0n) is 14.7. The van der Waals surface area contributed by atoms with Crippen molar-refractivity contribution in [2.45, 2.75) is 25.5 Å². The van der Waals surface area contributed by atoms with Crippen LogP contribution in [0.15, 0.2) is 71.1 Å². The smallest absolute Gasteiger partial charge is 0.287 e. The van der Waals surface area contributed by atoms with Gasteiger partial charge in [0.15, 0.2) is 5.76 Å². The second-order valence-electron chi connectivity index (χ2n) is 6.71. The van der Waals surface area contributed by atoms with Crippen molar-refractivity contribution < 1.29 is 18.3 Å². The van der Waals surface area contributed by atoms with Crippen molar-refractivity contribution in [2.75, 3.05) is 0 Å². The summed E-state index contributed by atoms with van der Waals surface area (Å²) in [7, 11) is 0. The fraction of sp³-hybridized carbons (Fsp3) is 0.227. The van der Waals surface area contributed by atoms with Gasteiger partial charge in [-0.25, -0.2) is 4.39 Å². The van der Waals surface area contributed by atoms with Crippen molar-refractivity contribution in [3.8, 4) is 5.75 Å². The number of nitrogens with one attached hydrogen (secondary N) is 1. The van der Waals surface area contributed by atoms with Crippen molar-refractivity contribution in [3.05, 3.63) is 89.6 Å². The van der Waals surface area contributed by atoms with E-state index in [2.05, 4.69) is 5.32 Å². The van der Waals surface area contributed by atoms with Crippen LogP contribution < -0.4 is 10.1 Å². The summed E-state index contributed by atoms with van der Waals surface area (Å²) in [6.45, 7) is 0.170. The Hall–Kier alpha value is -3.08. The average molecular weight is 365 g/mol. The molecule has 4 nitrogen and oxygen atoms in total. The van der Waals surface area contributed by atoms with Gasteiger partial charge in [-0.1, -0.05) is 30.3 Å². The first kappa shape index (κ1) is 17.3. The summed E-state index contributed by atoms with van der Waals surface area (Å²) in [6.07, 6.45) is 2.24. The third-order valence-corrected chi connectivity index (χ3v) is 4.62. The number of hydrogen-bond acceptors (Lipinski definition) is 3. The third-order valence-electron chi connectivity index (χ3n) is 4.62. The van der Waals surface area contributed by atoms with Gasteiger partial charge in [-0.05, 0) is 60.7 Å². The van der Waals surface area contributed by atoms with Crippen LogP contribution in [0.4, 0.5) is 4.39 Å². The Kier molecular flexibility index (Phi) is 4.92. The minimum atomic E-state index is -0.317. The molecule has 2 aromatic carbocycles. The lowest BCUT2D eigenvalue weighted by Gasteiger charge is -2.18. The van der Waals surface area contributed by atoms with E-state index in [9.17, 15) is 9.18 Å². The number of hydrogen-bond donors (Lipinski definition) is 1. The van der Waals surface area contributed by atoms with E-state index in [1.807, 2.05) is 30.3 Å². The number of carbonyl (C=O) groups excluding carboxylic acids is 1. The van der Waals surface area contributed by atoms with E-state index in [4.69, 9.17) is 9.15 Å². The highest BCUT2D eigenvalue weighted by Gasteiger charge is 2.33. The maximum absolute atomic E-state index is 12.9. The van der Waals surface area contributed by atoms with Crippen molar-refractivity contribution in [1.29, 1.82) is 0 Å². The number of amides is 1. The van der Waals surface area contributed by atoms with Crippen LogP contribution in [-0.2, 0) is 6.61 Å². The summed E-state index contributed by atoms with van der Waals surface area (Å²) >= 11 is 0. The molecule has 138 valence electrons. The maximum Gasteiger partial charge on any atom is 0.287 e. The molecule has 0 spiro atoms. The minimum Gasteiger partial charge on any atom is -0.486 e. The molecule has 0 aliphatic heterocycles. The molecule has 0 bridgehead atoms. The van der Waals surface area contributed by atoms with Crippen molar-refractivity contribution in [3.63, 3.8) is 0 Å². The number of ether oxygens (including phenoxy) is 1. The van der Waals surface area contributed by atoms with Crippen LogP contribution in [-0.4, -0.2) is 5.91 Å². The SMILES string of the molecule is O=C(NC(c1ccccc1)C1CC1)c1ccc(COc2ccc(F)cc2)o1. The van der Waals surface area contributed by atoms with E-state index >= 15 is 0 Å². The Morgan fingerprint density at radius 3 is 2.52 bits per heavy atom. The van der Waals surface area contributed by atoms with Gasteiger partial charge in [-0.3, -0.25) is 4.79 Å². The van der Waals surface area contributed by atoms with Gasteiger partial charge in [0.25, 0.3) is 5.91 Å². The molecule has 1 aliphatic carbocycles. The summed E-state index contributed by atoms with van der Waals surface area (Å²) in [6, 6.07) is 19.1. The Morgan fingerprint density at radius 2 is 1.81 bits per heavy atom. The molecular formula is C22H20FNO3. The van der Waals surface area contributed by atoms with Crippen LogP contribution >= 0.6 is 0 Å². The summed E-state index contributed by atoms with van der Waals surface area (Å²) in [5, 5.41) is 3.09. The summed E-state index contributed by atoms with van der Waals surface area (Å²) < 4.78 is 24.1. The highest BCUT2D eigenvalue weighted by molar-refractivity contribution is 5.91. The van der Waals surface area contributed by atoms with E-state index < -0.39 is 0 Å². The van der Waals surface area contributed by atoms with Crippen LogP contribution in [0.2, 0.25) is 0 Å². The average Bonchev–Trinajstić information content (AvgIpc) is 3.43. The Bertz CT molecular complexity index is 901. The van der Waals surface area contributed by atoms with Crippen molar-refractivity contribution >= 4 is 5.91 Å². The predicted molar refractivity (Wildman–Crippen MR) is 98.8 cm³/mol. The highest BCUT2D eigenvalue weighted by atomic mass is 19.1. The van der Waals surface area contributed by atoms with Gasteiger partial charge in [-0.15, -0.1) is 0 Å². The van der Waals surface area contributed by atoms with Crippen molar-refractivity contribution in [1.82, 2.24) is 5.32 Å². The molecule has 27 heavy (non-hydrogen) atoms. The van der Waals surface area contributed by atoms with E-state index in [1.165, 1.54) is 12.1 Å². The molecule has 4 rings (SSSR count). The molecule has 1 fully saturated rings. The van der Waals surface area contributed by atoms with Gasteiger partial charge in [0, 0.05) is 0 Å². The van der Waals surface area contributed by atoms with Crippen LogP contribution in [0.1, 0.15) is 40.8 Å². The first-order valence-electron chi connectivity index (χ1n) is 9.02. The van der Waals surface area contributed by atoms with Gasteiger partial charge in [0.05, 0.1) is 6.04 Å². The van der Waals surface area contributed by atoms with Gasteiger partial charge in [-0.2, -0.15) is 0 Å². The van der Waals surface area contributed by atoms with E-state index in [-0.39, 0.29) is 30.1 Å². The Morgan fingerprint density at radius 1 is 1.07 bits per heavy atom. The number of carbonyl (C=O) groups is 1. The molecule has 1 amide bonds. The predicted octanol–water partition coefficient (Wildman–Crippen LogP) is 4.88. The summed E-state index contributed by atoms with van der Waals surface area (Å²) in [5.41, 5.74) is 1.11. The van der Waals surface area contributed by atoms with Crippen molar-refractivity contribution in [2.24, 2.45) is 5.92 Å². The Balaban J connectivity index is 1.38. The van der Waals surface area contributed by atoms with Gasteiger partial charge in [0.2, 0.25) is 0 Å². The van der Waals surface area contributed by atoms with Crippen LogP contribution in [0, 0.1) is 11.7 Å². The maximum atomic E-state index is 12.9. The number of halogens is 1. The normalized spacial score (nSPS) is 14.6. The zero-order chi connectivity index (χ0) is 18.6. The monoisotopic (exact) mass is 365 g/mol. The van der Waals surface area contributed by atoms with Crippen LogP contribution in [0.5, 0.6) is 5.75 Å². The fourth-order valence-corrected chi connectivity index (χ4v) is 3.04. The lowest BCUT2D eigenvalue weighted by molar-refractivity contribution is 0.0899. The molecule has 1 unspecified atom stereocenters. The molecule has 5 heteroatoms. The molecule has 3 aromatic rings. The number of benzene rings is 2. The molecule has 0 radical (unpaired) electrons. The lowest BCUT2D eigenvalue weighted by atomic mass is 10.0. The highest BCUT2D eigenvalue weighted by Crippen LogP contribution is 2.41. The second kappa shape index (κ2) is 7.66. The molecular weight excluding hydrogens is 345 g/mol. The number of rotatable bonds is 7. The quantitative estimate of drug-likeness (QED) is 0.649. The first-order valence-corrected chi connectivity index (χ1v) is 9.02. The first-order chi connectivity index (χ1) is 13.2. The van der Waals surface area contributed by atoms with E-state index in [0.29, 0.717) is 17.4 Å². The standard InChI is InChI=1S/C22H20FNO3/c23-17-8-10-18(11-9-17)26-14-19-12-13-20(27-19)22(25)24-21(16-6-7-16)15-4-2-1-3-5-15/h1-5,8-13,16,21H,6-7,14H2,(H,24,25). The van der Waals surface area contributed by atoms with E-state index in [0.717, 1.165) is 18.4 Å². The Labute approximate surface area is 157 Å².